The van der Waals surface area contributed by atoms with E-state index in [1.54, 1.807) is 0 Å². The van der Waals surface area contributed by atoms with Gasteiger partial charge in [-0.3, -0.25) is 9.69 Å². The Morgan fingerprint density at radius 2 is 1.83 bits per heavy atom. The van der Waals surface area contributed by atoms with Crippen molar-refractivity contribution in [3.8, 4) is 0 Å². The van der Waals surface area contributed by atoms with Gasteiger partial charge >= 0.3 is 0 Å². The van der Waals surface area contributed by atoms with E-state index in [4.69, 9.17) is 0 Å². The van der Waals surface area contributed by atoms with E-state index in [1.165, 1.54) is 12.5 Å². The highest BCUT2D eigenvalue weighted by atomic mass is 16.3. The minimum absolute atomic E-state index is 0.177. The lowest BCUT2D eigenvalue weighted by molar-refractivity contribution is -0.119. The maximum absolute atomic E-state index is 11.1. The molecule has 1 aromatic rings. The van der Waals surface area contributed by atoms with Gasteiger partial charge in [0.25, 0.3) is 0 Å². The average molecular weight is 322 g/mol. The third-order valence-electron chi connectivity index (χ3n) is 4.46. The first-order chi connectivity index (χ1) is 11.0. The quantitative estimate of drug-likeness (QED) is 0.544. The number of aryl methyl sites for hydroxylation is 1. The number of rotatable bonds is 7. The normalized spacial score (nSPS) is 28.0. The molecule has 0 aromatic heterocycles. The van der Waals surface area contributed by atoms with Crippen LogP contribution in [0.1, 0.15) is 18.9 Å². The van der Waals surface area contributed by atoms with Crippen molar-refractivity contribution in [1.82, 2.24) is 10.2 Å². The average Bonchev–Trinajstić information content (AvgIpc) is 2.77. The highest BCUT2D eigenvalue weighted by molar-refractivity contribution is 5.72. The summed E-state index contributed by atoms with van der Waals surface area (Å²) in [6, 6.07) is 9.20. The molecule has 1 aromatic carbocycles. The molecule has 1 aliphatic heterocycles. The first-order valence-electron chi connectivity index (χ1n) is 8.05. The van der Waals surface area contributed by atoms with Gasteiger partial charge in [-0.2, -0.15) is 0 Å². The fourth-order valence-electron chi connectivity index (χ4n) is 3.23. The molecule has 0 aliphatic carbocycles. The Balaban J connectivity index is 1.97. The van der Waals surface area contributed by atoms with Gasteiger partial charge in [-0.15, -0.1) is 0 Å². The van der Waals surface area contributed by atoms with Gasteiger partial charge in [-0.25, -0.2) is 0 Å². The molecule has 1 heterocycles. The van der Waals surface area contributed by atoms with Crippen molar-refractivity contribution in [1.29, 1.82) is 0 Å². The van der Waals surface area contributed by atoms with E-state index < -0.39 is 18.2 Å². The predicted molar refractivity (Wildman–Crippen MR) is 86.8 cm³/mol. The molecule has 1 aliphatic rings. The lowest BCUT2D eigenvalue weighted by Crippen LogP contribution is -2.47. The molecule has 23 heavy (non-hydrogen) atoms. The first kappa shape index (κ1) is 17.9. The molecule has 0 spiro atoms. The summed E-state index contributed by atoms with van der Waals surface area (Å²) in [7, 11) is 0. The number of hydrogen-bond acceptors (Lipinski definition) is 5. The smallest absolute Gasteiger partial charge is 0.216 e. The molecule has 1 fully saturated rings. The second-order valence-corrected chi connectivity index (χ2v) is 6.06. The number of amides is 1. The molecule has 2 rings (SSSR count). The Kier molecular flexibility index (Phi) is 6.53. The maximum atomic E-state index is 11.1. The summed E-state index contributed by atoms with van der Waals surface area (Å²) in [5, 5.41) is 32.5. The summed E-state index contributed by atoms with van der Waals surface area (Å²) in [4.78, 5) is 13.0. The van der Waals surface area contributed by atoms with E-state index in [0.29, 0.717) is 6.54 Å². The number of aliphatic hydroxyl groups is 3. The summed E-state index contributed by atoms with van der Waals surface area (Å²) in [6.07, 6.45) is -0.253. The molecule has 4 N–H and O–H groups in total. The Hall–Kier alpha value is -1.47. The van der Waals surface area contributed by atoms with Crippen LogP contribution in [-0.2, 0) is 11.2 Å². The van der Waals surface area contributed by atoms with E-state index >= 15 is 0 Å². The number of nitrogens with one attached hydrogen (secondary N) is 1. The second-order valence-electron chi connectivity index (χ2n) is 6.06. The van der Waals surface area contributed by atoms with Crippen molar-refractivity contribution in [3.05, 3.63) is 35.9 Å². The number of carbonyl (C=O) groups is 1. The standard InChI is InChI=1S/C17H26N2O4/c1-12(21)18-10-14-16(22)17(23)15(11-20)19(14)9-5-8-13-6-3-2-4-7-13/h2-4,6-7,14-17,20,22-23H,5,8-11H2,1H3,(H,18,21)/t14-,15-,16-,17-/m1/s1. The van der Waals surface area contributed by atoms with Crippen LogP contribution in [-0.4, -0.2) is 70.1 Å². The van der Waals surface area contributed by atoms with Gasteiger partial charge in [-0.05, 0) is 24.9 Å². The molecule has 6 heteroatoms. The van der Waals surface area contributed by atoms with Gasteiger partial charge in [-0.1, -0.05) is 30.3 Å². The highest BCUT2D eigenvalue weighted by Gasteiger charge is 2.46. The van der Waals surface area contributed by atoms with Crippen LogP contribution in [0.5, 0.6) is 0 Å². The predicted octanol–water partition coefficient (Wildman–Crippen LogP) is -0.478. The second kappa shape index (κ2) is 8.40. The molecule has 0 bridgehead atoms. The number of hydrogen-bond donors (Lipinski definition) is 4. The molecule has 4 atom stereocenters. The topological polar surface area (TPSA) is 93.0 Å². The summed E-state index contributed by atoms with van der Waals surface area (Å²) in [5.74, 6) is -0.177. The highest BCUT2D eigenvalue weighted by Crippen LogP contribution is 2.25. The van der Waals surface area contributed by atoms with Gasteiger partial charge in [0.15, 0.2) is 0 Å². The maximum Gasteiger partial charge on any atom is 0.216 e. The van der Waals surface area contributed by atoms with Gasteiger partial charge in [0, 0.05) is 13.5 Å². The first-order valence-corrected chi connectivity index (χ1v) is 8.05. The van der Waals surface area contributed by atoms with Crippen molar-refractivity contribution >= 4 is 5.91 Å². The van der Waals surface area contributed by atoms with E-state index in [9.17, 15) is 20.1 Å². The third kappa shape index (κ3) is 4.51. The van der Waals surface area contributed by atoms with E-state index in [2.05, 4.69) is 17.4 Å². The molecule has 0 radical (unpaired) electrons. The summed E-state index contributed by atoms with van der Waals surface area (Å²) < 4.78 is 0. The zero-order valence-electron chi connectivity index (χ0n) is 13.4. The van der Waals surface area contributed by atoms with Crippen LogP contribution >= 0.6 is 0 Å². The van der Waals surface area contributed by atoms with Gasteiger partial charge in [0.2, 0.25) is 5.91 Å². The van der Waals surface area contributed by atoms with Crippen LogP contribution < -0.4 is 5.32 Å². The molecular formula is C17H26N2O4. The molecule has 128 valence electrons. The minimum atomic E-state index is -1.00. The molecule has 1 saturated heterocycles. The fraction of sp³-hybridized carbons (Fsp3) is 0.588. The van der Waals surface area contributed by atoms with Gasteiger partial charge in [0.1, 0.15) is 0 Å². The lowest BCUT2D eigenvalue weighted by Gasteiger charge is -2.29. The summed E-state index contributed by atoms with van der Waals surface area (Å²) >= 11 is 0. The van der Waals surface area contributed by atoms with Crippen LogP contribution in [0, 0.1) is 0 Å². The Labute approximate surface area is 136 Å². The van der Waals surface area contributed by atoms with Crippen LogP contribution in [0.2, 0.25) is 0 Å². The minimum Gasteiger partial charge on any atom is -0.395 e. The van der Waals surface area contributed by atoms with Gasteiger partial charge in [0.05, 0.1) is 30.9 Å². The molecule has 6 nitrogen and oxygen atoms in total. The Bertz CT molecular complexity index is 497. The van der Waals surface area contributed by atoms with E-state index in [-0.39, 0.29) is 25.1 Å². The van der Waals surface area contributed by atoms with Crippen LogP contribution in [0.3, 0.4) is 0 Å². The third-order valence-corrected chi connectivity index (χ3v) is 4.46. The van der Waals surface area contributed by atoms with Gasteiger partial charge < -0.3 is 20.6 Å². The number of likely N-dealkylation sites (tertiary alicyclic amines) is 1. The zero-order valence-corrected chi connectivity index (χ0v) is 13.4. The van der Waals surface area contributed by atoms with Crippen molar-refractivity contribution in [2.75, 3.05) is 19.7 Å². The van der Waals surface area contributed by atoms with E-state index in [1.807, 2.05) is 23.1 Å². The molecule has 0 saturated carbocycles. The lowest BCUT2D eigenvalue weighted by atomic mass is 10.1. The summed E-state index contributed by atoms with van der Waals surface area (Å²) in [5.41, 5.74) is 1.23. The fourth-order valence-corrected chi connectivity index (χ4v) is 3.23. The SMILES string of the molecule is CC(=O)NC[C@@H]1[C@@H](O)[C@H](O)[C@@H](CO)N1CCCc1ccccc1. The zero-order chi connectivity index (χ0) is 16.8. The van der Waals surface area contributed by atoms with Crippen molar-refractivity contribution in [2.45, 2.75) is 44.1 Å². The van der Waals surface area contributed by atoms with Crippen molar-refractivity contribution in [2.24, 2.45) is 0 Å². The van der Waals surface area contributed by atoms with Crippen molar-refractivity contribution in [3.63, 3.8) is 0 Å². The van der Waals surface area contributed by atoms with Crippen LogP contribution in [0.25, 0.3) is 0 Å². The largest absolute Gasteiger partial charge is 0.395 e. The number of nitrogens with zero attached hydrogens (tertiary/aromatic N) is 1. The van der Waals surface area contributed by atoms with E-state index in [0.717, 1.165) is 12.8 Å². The Morgan fingerprint density at radius 3 is 2.43 bits per heavy atom. The molecule has 1 amide bonds. The van der Waals surface area contributed by atoms with Crippen LogP contribution in [0.4, 0.5) is 0 Å². The number of carbonyl (C=O) groups excluding carboxylic acids is 1. The summed E-state index contributed by atoms with van der Waals surface area (Å²) in [6.45, 7) is 2.09. The molecular weight excluding hydrogens is 296 g/mol. The molecule has 0 unspecified atom stereocenters. The van der Waals surface area contributed by atoms with Crippen molar-refractivity contribution < 1.29 is 20.1 Å². The van der Waals surface area contributed by atoms with Crippen LogP contribution in [0.15, 0.2) is 30.3 Å². The number of aliphatic hydroxyl groups excluding tert-OH is 3. The number of benzene rings is 1. The monoisotopic (exact) mass is 322 g/mol. The Morgan fingerprint density at radius 1 is 1.17 bits per heavy atom.